The molecule has 18 heavy (non-hydrogen) atoms. The Balaban J connectivity index is 2.75. The van der Waals surface area contributed by atoms with E-state index in [1.807, 2.05) is 20.8 Å². The van der Waals surface area contributed by atoms with E-state index in [0.29, 0.717) is 5.69 Å². The molecule has 0 spiro atoms. The van der Waals surface area contributed by atoms with Crippen molar-refractivity contribution in [3.8, 4) is 0 Å². The second-order valence-corrected chi connectivity index (χ2v) is 5.19. The van der Waals surface area contributed by atoms with Crippen molar-refractivity contribution < 1.29 is 14.7 Å². The number of carbonyl (C=O) groups excluding carboxylic acids is 1. The molecule has 0 saturated carbocycles. The minimum atomic E-state index is -0.935. The van der Waals surface area contributed by atoms with Gasteiger partial charge in [0.2, 0.25) is 0 Å². The predicted octanol–water partition coefficient (Wildman–Crippen LogP) is 0.922. The Kier molecular flexibility index (Phi) is 4.11. The van der Waals surface area contributed by atoms with Crippen LogP contribution in [0, 0.1) is 0 Å². The van der Waals surface area contributed by atoms with Crippen molar-refractivity contribution in [1.29, 1.82) is 0 Å². The monoisotopic (exact) mass is 253 g/mol. The Hall–Kier alpha value is -1.85. The number of amides is 1. The Morgan fingerprint density at radius 3 is 2.50 bits per heavy atom. The summed E-state index contributed by atoms with van der Waals surface area (Å²) in [5, 5.41) is 15.3. The second-order valence-electron chi connectivity index (χ2n) is 5.19. The van der Waals surface area contributed by atoms with Crippen LogP contribution in [0.25, 0.3) is 0 Å². The van der Waals surface area contributed by atoms with Crippen molar-refractivity contribution in [1.82, 2.24) is 15.1 Å². The Labute approximate surface area is 106 Å². The Morgan fingerprint density at radius 2 is 2.06 bits per heavy atom. The molecule has 0 bridgehead atoms. The summed E-state index contributed by atoms with van der Waals surface area (Å²) in [6, 6.07) is 1.73. The van der Waals surface area contributed by atoms with Gasteiger partial charge in [0, 0.05) is 19.0 Å². The first-order valence-corrected chi connectivity index (χ1v) is 5.76. The van der Waals surface area contributed by atoms with E-state index < -0.39 is 5.97 Å². The van der Waals surface area contributed by atoms with Crippen LogP contribution in [0.4, 0.5) is 0 Å². The highest BCUT2D eigenvalue weighted by molar-refractivity contribution is 5.92. The van der Waals surface area contributed by atoms with Crippen molar-refractivity contribution in [3.63, 3.8) is 0 Å². The number of aliphatic carboxylic acids is 1. The quantitative estimate of drug-likeness (QED) is 0.835. The third kappa shape index (κ3) is 3.58. The van der Waals surface area contributed by atoms with Crippen LogP contribution in [0.1, 0.15) is 43.4 Å². The standard InChI is InChI=1S/C12H19N3O3/c1-12(2,3)9-7-8(15(4)14-9)11(18)13-6-5-10(16)17/h7H,5-6H2,1-4H3,(H,13,18)(H,16,17). The molecule has 6 nitrogen and oxygen atoms in total. The Morgan fingerprint density at radius 1 is 1.44 bits per heavy atom. The molecule has 0 atom stereocenters. The molecule has 2 N–H and O–H groups in total. The van der Waals surface area contributed by atoms with Gasteiger partial charge in [0.15, 0.2) is 0 Å². The summed E-state index contributed by atoms with van der Waals surface area (Å²) in [7, 11) is 1.70. The van der Waals surface area contributed by atoms with Crippen LogP contribution >= 0.6 is 0 Å². The predicted molar refractivity (Wildman–Crippen MR) is 66.5 cm³/mol. The maximum atomic E-state index is 11.8. The fraction of sp³-hybridized carbons (Fsp3) is 0.583. The van der Waals surface area contributed by atoms with Gasteiger partial charge in [-0.25, -0.2) is 0 Å². The topological polar surface area (TPSA) is 84.2 Å². The first-order valence-electron chi connectivity index (χ1n) is 5.76. The van der Waals surface area contributed by atoms with Crippen molar-refractivity contribution in [2.45, 2.75) is 32.6 Å². The minimum Gasteiger partial charge on any atom is -0.481 e. The van der Waals surface area contributed by atoms with Crippen LogP contribution < -0.4 is 5.32 Å². The number of hydrogen-bond donors (Lipinski definition) is 2. The van der Waals surface area contributed by atoms with Crippen molar-refractivity contribution >= 4 is 11.9 Å². The third-order valence-electron chi connectivity index (χ3n) is 2.51. The van der Waals surface area contributed by atoms with Crippen LogP contribution in [-0.2, 0) is 17.3 Å². The molecule has 0 aliphatic rings. The molecule has 1 heterocycles. The van der Waals surface area contributed by atoms with E-state index in [2.05, 4.69) is 10.4 Å². The van der Waals surface area contributed by atoms with E-state index in [1.165, 1.54) is 4.68 Å². The summed E-state index contributed by atoms with van der Waals surface area (Å²) < 4.78 is 1.51. The molecule has 1 aromatic rings. The highest BCUT2D eigenvalue weighted by atomic mass is 16.4. The number of nitrogens with zero attached hydrogens (tertiary/aromatic N) is 2. The van der Waals surface area contributed by atoms with E-state index in [4.69, 9.17) is 5.11 Å². The highest BCUT2D eigenvalue weighted by Gasteiger charge is 2.21. The summed E-state index contributed by atoms with van der Waals surface area (Å²) in [6.07, 6.45) is -0.0876. The van der Waals surface area contributed by atoms with Crippen LogP contribution in [0.3, 0.4) is 0 Å². The molecule has 1 amide bonds. The number of carboxylic acids is 1. The lowest BCUT2D eigenvalue weighted by Gasteiger charge is -2.13. The van der Waals surface area contributed by atoms with Crippen LogP contribution in [0.5, 0.6) is 0 Å². The smallest absolute Gasteiger partial charge is 0.305 e. The van der Waals surface area contributed by atoms with Gasteiger partial charge in [0.05, 0.1) is 12.1 Å². The van der Waals surface area contributed by atoms with Crippen LogP contribution in [0.15, 0.2) is 6.07 Å². The van der Waals surface area contributed by atoms with E-state index in [0.717, 1.165) is 5.69 Å². The Bertz CT molecular complexity index is 458. The molecule has 0 aromatic carbocycles. The molecule has 0 aliphatic carbocycles. The first-order chi connectivity index (χ1) is 8.21. The molecule has 0 radical (unpaired) electrons. The van der Waals surface area contributed by atoms with E-state index in [1.54, 1.807) is 13.1 Å². The van der Waals surface area contributed by atoms with Gasteiger partial charge in [-0.05, 0) is 6.07 Å². The van der Waals surface area contributed by atoms with Crippen molar-refractivity contribution in [3.05, 3.63) is 17.5 Å². The second kappa shape index (κ2) is 5.20. The van der Waals surface area contributed by atoms with E-state index in [-0.39, 0.29) is 24.3 Å². The first kappa shape index (κ1) is 14.2. The average Bonchev–Trinajstić information content (AvgIpc) is 2.59. The zero-order valence-corrected chi connectivity index (χ0v) is 11.1. The number of carbonyl (C=O) groups is 2. The molecule has 0 fully saturated rings. The average molecular weight is 253 g/mol. The fourth-order valence-electron chi connectivity index (χ4n) is 1.42. The van der Waals surface area contributed by atoms with Gasteiger partial charge in [0.25, 0.3) is 5.91 Å². The molecule has 0 saturated heterocycles. The van der Waals surface area contributed by atoms with Gasteiger partial charge in [-0.3, -0.25) is 14.3 Å². The summed E-state index contributed by atoms with van der Waals surface area (Å²) in [5.41, 5.74) is 1.14. The van der Waals surface area contributed by atoms with Gasteiger partial charge in [0.1, 0.15) is 5.69 Å². The lowest BCUT2D eigenvalue weighted by atomic mass is 9.92. The number of rotatable bonds is 4. The SMILES string of the molecule is Cn1nc(C(C)(C)C)cc1C(=O)NCCC(=O)O. The number of hydrogen-bond acceptors (Lipinski definition) is 3. The van der Waals surface area contributed by atoms with Gasteiger partial charge >= 0.3 is 5.97 Å². The molecule has 1 aromatic heterocycles. The third-order valence-corrected chi connectivity index (χ3v) is 2.51. The van der Waals surface area contributed by atoms with Gasteiger partial charge in [-0.2, -0.15) is 5.10 Å². The van der Waals surface area contributed by atoms with Crippen LogP contribution in [-0.4, -0.2) is 33.3 Å². The largest absolute Gasteiger partial charge is 0.481 e. The van der Waals surface area contributed by atoms with Crippen molar-refractivity contribution in [2.75, 3.05) is 6.54 Å². The normalized spacial score (nSPS) is 11.3. The molecule has 0 aliphatic heterocycles. The summed E-state index contributed by atoms with van der Waals surface area (Å²) in [4.78, 5) is 22.2. The van der Waals surface area contributed by atoms with Gasteiger partial charge in [-0.15, -0.1) is 0 Å². The maximum absolute atomic E-state index is 11.8. The van der Waals surface area contributed by atoms with E-state index in [9.17, 15) is 9.59 Å². The molecule has 100 valence electrons. The highest BCUT2D eigenvalue weighted by Crippen LogP contribution is 2.21. The zero-order chi connectivity index (χ0) is 13.9. The summed E-state index contributed by atoms with van der Waals surface area (Å²) in [6.45, 7) is 6.16. The zero-order valence-electron chi connectivity index (χ0n) is 11.1. The molecular formula is C12H19N3O3. The number of aryl methyl sites for hydroxylation is 1. The van der Waals surface area contributed by atoms with Gasteiger partial charge < -0.3 is 10.4 Å². The molecule has 0 unspecified atom stereocenters. The summed E-state index contributed by atoms with van der Waals surface area (Å²) in [5.74, 6) is -1.24. The van der Waals surface area contributed by atoms with Gasteiger partial charge in [-0.1, -0.05) is 20.8 Å². The molecular weight excluding hydrogens is 234 g/mol. The lowest BCUT2D eigenvalue weighted by Crippen LogP contribution is -2.27. The minimum absolute atomic E-state index is 0.0876. The van der Waals surface area contributed by atoms with E-state index >= 15 is 0 Å². The molecule has 6 heteroatoms. The molecule has 1 rings (SSSR count). The number of carboxylic acid groups (broad SMARTS) is 1. The number of aromatic nitrogens is 2. The van der Waals surface area contributed by atoms with Crippen molar-refractivity contribution in [2.24, 2.45) is 7.05 Å². The fourth-order valence-corrected chi connectivity index (χ4v) is 1.42. The van der Waals surface area contributed by atoms with Crippen LogP contribution in [0.2, 0.25) is 0 Å². The maximum Gasteiger partial charge on any atom is 0.305 e. The number of nitrogens with one attached hydrogen (secondary N) is 1. The summed E-state index contributed by atoms with van der Waals surface area (Å²) >= 11 is 0. The lowest BCUT2D eigenvalue weighted by molar-refractivity contribution is -0.136.